The standard InChI is InChI=1S/C18H8Br2S4/c19-11-1-3-21-17(11)15-7-9-5-14-10(6-13(9)23-15)8-16(24-14)18-12(20)2-4-22-18/h1-8H. The van der Waals surface area contributed by atoms with Crippen molar-refractivity contribution in [1.29, 1.82) is 0 Å². The van der Waals surface area contributed by atoms with E-state index in [2.05, 4.69) is 79.0 Å². The first-order valence-corrected chi connectivity index (χ1v) is 12.1. The summed E-state index contributed by atoms with van der Waals surface area (Å²) in [4.78, 5) is 5.32. The van der Waals surface area contributed by atoms with Gasteiger partial charge in [0.2, 0.25) is 0 Å². The van der Waals surface area contributed by atoms with Crippen LogP contribution in [-0.4, -0.2) is 0 Å². The Morgan fingerprint density at radius 3 is 1.46 bits per heavy atom. The van der Waals surface area contributed by atoms with Gasteiger partial charge in [0.15, 0.2) is 0 Å². The fourth-order valence-corrected chi connectivity index (χ4v) is 8.62. The number of hydrogen-bond acceptors (Lipinski definition) is 4. The van der Waals surface area contributed by atoms with Crippen LogP contribution in [0.5, 0.6) is 0 Å². The highest BCUT2D eigenvalue weighted by Gasteiger charge is 2.13. The molecule has 0 N–H and O–H groups in total. The Kier molecular flexibility index (Phi) is 3.96. The molecule has 0 unspecified atom stereocenters. The molecule has 0 radical (unpaired) electrons. The van der Waals surface area contributed by atoms with Crippen LogP contribution < -0.4 is 0 Å². The third kappa shape index (κ3) is 2.55. The molecule has 0 spiro atoms. The number of thiophene rings is 4. The third-order valence-corrected chi connectivity index (χ3v) is 10.1. The molecule has 0 amide bonds. The summed E-state index contributed by atoms with van der Waals surface area (Å²) in [5.74, 6) is 0. The maximum Gasteiger partial charge on any atom is 0.0585 e. The molecule has 4 heterocycles. The minimum Gasteiger partial charge on any atom is -0.142 e. The van der Waals surface area contributed by atoms with Crippen molar-refractivity contribution in [1.82, 2.24) is 0 Å². The van der Waals surface area contributed by atoms with E-state index in [9.17, 15) is 0 Å². The summed E-state index contributed by atoms with van der Waals surface area (Å²) in [6.07, 6.45) is 0. The van der Waals surface area contributed by atoms with Gasteiger partial charge >= 0.3 is 0 Å². The molecule has 0 saturated carbocycles. The number of halogens is 2. The molecule has 1 aromatic carbocycles. The molecule has 5 rings (SSSR count). The van der Waals surface area contributed by atoms with Crippen LogP contribution in [0.15, 0.2) is 56.1 Å². The Hall–Kier alpha value is -0.500. The summed E-state index contributed by atoms with van der Waals surface area (Å²) in [7, 11) is 0. The zero-order chi connectivity index (χ0) is 16.3. The summed E-state index contributed by atoms with van der Waals surface area (Å²) in [6, 6.07) is 13.5. The monoisotopic (exact) mass is 510 g/mol. The molecule has 0 aliphatic rings. The Morgan fingerprint density at radius 1 is 0.625 bits per heavy atom. The molecule has 0 bridgehead atoms. The van der Waals surface area contributed by atoms with Crippen molar-refractivity contribution in [3.05, 3.63) is 56.1 Å². The van der Waals surface area contributed by atoms with Crippen LogP contribution in [0.4, 0.5) is 0 Å². The predicted octanol–water partition coefficient (Wildman–Crippen LogP) is 9.10. The quantitative estimate of drug-likeness (QED) is 0.221. The van der Waals surface area contributed by atoms with Gasteiger partial charge in [-0.1, -0.05) is 0 Å². The van der Waals surface area contributed by atoms with Crippen LogP contribution in [0, 0.1) is 0 Å². The van der Waals surface area contributed by atoms with Gasteiger partial charge in [-0.2, -0.15) is 0 Å². The summed E-state index contributed by atoms with van der Waals surface area (Å²) >= 11 is 14.6. The predicted molar refractivity (Wildman–Crippen MR) is 119 cm³/mol. The van der Waals surface area contributed by atoms with Gasteiger partial charge in [0.05, 0.1) is 9.75 Å². The smallest absolute Gasteiger partial charge is 0.0585 e. The Bertz CT molecular complexity index is 1050. The molecule has 118 valence electrons. The summed E-state index contributed by atoms with van der Waals surface area (Å²) in [5.41, 5.74) is 0. The second kappa shape index (κ2) is 6.04. The van der Waals surface area contributed by atoms with Gasteiger partial charge in [0.25, 0.3) is 0 Å². The molecule has 0 atom stereocenters. The van der Waals surface area contributed by atoms with Crippen LogP contribution in [-0.2, 0) is 0 Å². The maximum absolute atomic E-state index is 3.65. The van der Waals surface area contributed by atoms with Crippen molar-refractivity contribution in [2.24, 2.45) is 0 Å². The van der Waals surface area contributed by atoms with Gasteiger partial charge in [0.1, 0.15) is 0 Å². The Balaban J connectivity index is 1.68. The first-order valence-electron chi connectivity index (χ1n) is 7.13. The van der Waals surface area contributed by atoms with E-state index >= 15 is 0 Å². The Labute approximate surface area is 171 Å². The van der Waals surface area contributed by atoms with Crippen LogP contribution in [0.1, 0.15) is 0 Å². The normalized spacial score (nSPS) is 11.8. The van der Waals surface area contributed by atoms with Crippen LogP contribution in [0.25, 0.3) is 39.7 Å². The molecular weight excluding hydrogens is 504 g/mol. The molecule has 5 aromatic rings. The van der Waals surface area contributed by atoms with E-state index in [0.717, 1.165) is 0 Å². The lowest BCUT2D eigenvalue weighted by Crippen LogP contribution is -1.63. The van der Waals surface area contributed by atoms with Gasteiger partial charge in [-0.05, 0) is 89.8 Å². The van der Waals surface area contributed by atoms with Gasteiger partial charge in [-0.15, -0.1) is 45.3 Å². The maximum atomic E-state index is 3.65. The topological polar surface area (TPSA) is 0 Å². The number of rotatable bonds is 2. The van der Waals surface area contributed by atoms with Crippen LogP contribution >= 0.6 is 77.2 Å². The van der Waals surface area contributed by atoms with E-state index in [1.807, 2.05) is 22.7 Å². The zero-order valence-corrected chi connectivity index (χ0v) is 18.4. The fourth-order valence-electron chi connectivity index (χ4n) is 2.73. The van der Waals surface area contributed by atoms with E-state index in [-0.39, 0.29) is 0 Å². The summed E-state index contributed by atoms with van der Waals surface area (Å²) in [5, 5.41) is 6.93. The van der Waals surface area contributed by atoms with E-state index in [1.54, 1.807) is 22.7 Å². The fraction of sp³-hybridized carbons (Fsp3) is 0. The van der Waals surface area contributed by atoms with Crippen LogP contribution in [0.3, 0.4) is 0 Å². The number of benzene rings is 1. The van der Waals surface area contributed by atoms with E-state index in [4.69, 9.17) is 0 Å². The highest BCUT2D eigenvalue weighted by Crippen LogP contribution is 2.45. The van der Waals surface area contributed by atoms with E-state index in [1.165, 1.54) is 48.6 Å². The Morgan fingerprint density at radius 2 is 1.08 bits per heavy atom. The zero-order valence-electron chi connectivity index (χ0n) is 12.0. The average Bonchev–Trinajstić information content (AvgIpc) is 3.29. The second-order valence-electron chi connectivity index (χ2n) is 5.34. The van der Waals surface area contributed by atoms with Gasteiger partial charge < -0.3 is 0 Å². The van der Waals surface area contributed by atoms with Crippen molar-refractivity contribution in [3.8, 4) is 19.5 Å². The minimum absolute atomic E-state index is 1.19. The van der Waals surface area contributed by atoms with Crippen molar-refractivity contribution < 1.29 is 0 Å². The van der Waals surface area contributed by atoms with E-state index < -0.39 is 0 Å². The SMILES string of the molecule is Brc1ccsc1-c1cc2cc3sc(-c4sccc4Br)cc3cc2s1. The molecule has 24 heavy (non-hydrogen) atoms. The molecule has 0 nitrogen and oxygen atoms in total. The summed E-state index contributed by atoms with van der Waals surface area (Å²) in [6.45, 7) is 0. The lowest BCUT2D eigenvalue weighted by Gasteiger charge is -1.91. The molecule has 0 aliphatic carbocycles. The minimum atomic E-state index is 1.19. The largest absolute Gasteiger partial charge is 0.142 e. The average molecular weight is 512 g/mol. The number of hydrogen-bond donors (Lipinski definition) is 0. The van der Waals surface area contributed by atoms with Crippen molar-refractivity contribution in [3.63, 3.8) is 0 Å². The number of fused-ring (bicyclic) bond motifs is 2. The third-order valence-electron chi connectivity index (χ3n) is 3.84. The summed E-state index contributed by atoms with van der Waals surface area (Å²) < 4.78 is 5.08. The van der Waals surface area contributed by atoms with Crippen molar-refractivity contribution >= 4 is 97.4 Å². The lowest BCUT2D eigenvalue weighted by atomic mass is 10.2. The van der Waals surface area contributed by atoms with Crippen molar-refractivity contribution in [2.75, 3.05) is 0 Å². The highest BCUT2D eigenvalue weighted by atomic mass is 79.9. The molecule has 4 aromatic heterocycles. The molecule has 0 aliphatic heterocycles. The molecule has 6 heteroatoms. The molecule has 0 fully saturated rings. The molecular formula is C18H8Br2S4. The van der Waals surface area contributed by atoms with Gasteiger partial charge in [0, 0.05) is 28.1 Å². The molecule has 0 saturated heterocycles. The second-order valence-corrected chi connectivity index (χ2v) is 11.1. The van der Waals surface area contributed by atoms with Gasteiger partial charge in [-0.25, -0.2) is 0 Å². The lowest BCUT2D eigenvalue weighted by molar-refractivity contribution is 1.86. The first kappa shape index (κ1) is 15.7. The van der Waals surface area contributed by atoms with Gasteiger partial charge in [-0.3, -0.25) is 0 Å². The van der Waals surface area contributed by atoms with E-state index in [0.29, 0.717) is 0 Å². The van der Waals surface area contributed by atoms with Crippen LogP contribution in [0.2, 0.25) is 0 Å². The highest BCUT2D eigenvalue weighted by molar-refractivity contribution is 9.11. The first-order chi connectivity index (χ1) is 11.7. The van der Waals surface area contributed by atoms with Crippen molar-refractivity contribution in [2.45, 2.75) is 0 Å².